The highest BCUT2D eigenvalue weighted by Gasteiger charge is 2.60. The van der Waals surface area contributed by atoms with E-state index < -0.39 is 5.41 Å². The zero-order valence-electron chi connectivity index (χ0n) is 15.1. The highest BCUT2D eigenvalue weighted by atomic mass is 15.4. The summed E-state index contributed by atoms with van der Waals surface area (Å²) in [6.07, 6.45) is 3.45. The Balaban J connectivity index is 1.90. The van der Waals surface area contributed by atoms with Crippen molar-refractivity contribution < 1.29 is 4.48 Å². The second-order valence-electron chi connectivity index (χ2n) is 7.95. The van der Waals surface area contributed by atoms with Gasteiger partial charge in [0.2, 0.25) is 0 Å². The van der Waals surface area contributed by atoms with E-state index in [1.54, 1.807) is 0 Å². The van der Waals surface area contributed by atoms with Crippen molar-refractivity contribution in [2.45, 2.75) is 31.6 Å². The van der Waals surface area contributed by atoms with Gasteiger partial charge in [0.05, 0.1) is 32.2 Å². The second kappa shape index (κ2) is 6.00. The van der Waals surface area contributed by atoms with E-state index in [9.17, 15) is 5.26 Å². The van der Waals surface area contributed by atoms with Gasteiger partial charge in [0.1, 0.15) is 5.41 Å². The summed E-state index contributed by atoms with van der Waals surface area (Å²) in [6.45, 7) is 7.22. The molecule has 2 heteroatoms. The highest BCUT2D eigenvalue weighted by Crippen LogP contribution is 2.58. The van der Waals surface area contributed by atoms with Gasteiger partial charge in [0.25, 0.3) is 0 Å². The van der Waals surface area contributed by atoms with Crippen LogP contribution < -0.4 is 0 Å². The van der Waals surface area contributed by atoms with Crippen molar-refractivity contribution in [2.75, 3.05) is 26.2 Å². The maximum atomic E-state index is 10.6. The summed E-state index contributed by atoms with van der Waals surface area (Å²) >= 11 is 0. The van der Waals surface area contributed by atoms with Gasteiger partial charge in [0, 0.05) is 24.7 Å². The number of hydrogen-bond donors (Lipinski definition) is 0. The molecule has 0 unspecified atom stereocenters. The highest BCUT2D eigenvalue weighted by molar-refractivity contribution is 5.49. The number of hydrogen-bond acceptors (Lipinski definition) is 1. The van der Waals surface area contributed by atoms with E-state index >= 15 is 0 Å². The van der Waals surface area contributed by atoms with E-state index in [1.807, 2.05) is 0 Å². The molecule has 2 nitrogen and oxygen atoms in total. The molecule has 0 aliphatic carbocycles. The lowest BCUT2D eigenvalue weighted by Crippen LogP contribution is -2.66. The molecule has 2 bridgehead atoms. The Bertz CT molecular complexity index is 709. The molecular formula is C23H27N2+. The van der Waals surface area contributed by atoms with E-state index in [0.29, 0.717) is 0 Å². The number of quaternary nitrogens is 1. The third-order valence-corrected chi connectivity index (χ3v) is 7.24. The molecule has 3 aliphatic rings. The maximum Gasteiger partial charge on any atom is 0.113 e. The molecule has 3 heterocycles. The minimum absolute atomic E-state index is 0.0552. The zero-order valence-corrected chi connectivity index (χ0v) is 15.1. The average Bonchev–Trinajstić information content (AvgIpc) is 2.72. The maximum absolute atomic E-state index is 10.6. The number of piperidine rings is 3. The first-order valence-corrected chi connectivity index (χ1v) is 9.58. The van der Waals surface area contributed by atoms with Crippen molar-refractivity contribution in [2.24, 2.45) is 5.41 Å². The Labute approximate surface area is 151 Å². The van der Waals surface area contributed by atoms with Gasteiger partial charge in [-0.2, -0.15) is 5.26 Å². The van der Waals surface area contributed by atoms with Crippen LogP contribution >= 0.6 is 0 Å². The van der Waals surface area contributed by atoms with Gasteiger partial charge in [-0.25, -0.2) is 0 Å². The summed E-state index contributed by atoms with van der Waals surface area (Å²) in [5.74, 6) is 0. The molecule has 128 valence electrons. The molecule has 0 saturated carbocycles. The summed E-state index contributed by atoms with van der Waals surface area (Å²) in [5.41, 5.74) is 1.85. The van der Waals surface area contributed by atoms with Crippen molar-refractivity contribution >= 4 is 0 Å². The Hall–Kier alpha value is -2.11. The standard InChI is InChI=1S/C23H27N2/c1-2-25-16-13-22(14-17-25,15-18-25)23(19-24,20-9-5-3-6-10-20)21-11-7-4-8-12-21/h3-12H,2,13-18H2,1H3/q+1. The topological polar surface area (TPSA) is 23.8 Å². The van der Waals surface area contributed by atoms with Crippen molar-refractivity contribution in [3.8, 4) is 6.07 Å². The first kappa shape index (κ1) is 16.4. The van der Waals surface area contributed by atoms with Crippen LogP contribution in [-0.4, -0.2) is 30.7 Å². The van der Waals surface area contributed by atoms with Gasteiger partial charge in [-0.1, -0.05) is 60.7 Å². The van der Waals surface area contributed by atoms with Crippen LogP contribution in [-0.2, 0) is 5.41 Å². The largest absolute Gasteiger partial charge is 0.324 e. The molecule has 3 aliphatic heterocycles. The van der Waals surface area contributed by atoms with Crippen LogP contribution in [0.3, 0.4) is 0 Å². The van der Waals surface area contributed by atoms with E-state index in [1.165, 1.54) is 41.8 Å². The minimum atomic E-state index is -0.542. The Morgan fingerprint density at radius 1 is 0.880 bits per heavy atom. The number of rotatable bonds is 4. The van der Waals surface area contributed by atoms with E-state index in [2.05, 4.69) is 73.7 Å². The fourth-order valence-corrected chi connectivity index (χ4v) is 5.50. The summed E-state index contributed by atoms with van der Waals surface area (Å²) in [7, 11) is 0. The van der Waals surface area contributed by atoms with Crippen LogP contribution in [0.2, 0.25) is 0 Å². The molecule has 3 saturated heterocycles. The lowest BCUT2D eigenvalue weighted by Gasteiger charge is -2.59. The Kier molecular flexibility index (Phi) is 3.93. The zero-order chi connectivity index (χ0) is 17.4. The molecule has 0 aromatic heterocycles. The predicted octanol–water partition coefficient (Wildman–Crippen LogP) is 4.52. The van der Waals surface area contributed by atoms with Crippen molar-refractivity contribution in [3.63, 3.8) is 0 Å². The molecule has 0 atom stereocenters. The summed E-state index contributed by atoms with van der Waals surface area (Å²) in [4.78, 5) is 0. The van der Waals surface area contributed by atoms with E-state index in [0.717, 1.165) is 19.3 Å². The van der Waals surface area contributed by atoms with Crippen LogP contribution in [0, 0.1) is 16.7 Å². The quantitative estimate of drug-likeness (QED) is 0.756. The fourth-order valence-electron chi connectivity index (χ4n) is 5.50. The number of nitrogens with zero attached hydrogens (tertiary/aromatic N) is 2. The Morgan fingerprint density at radius 2 is 1.32 bits per heavy atom. The lowest BCUT2D eigenvalue weighted by molar-refractivity contribution is -0.944. The van der Waals surface area contributed by atoms with Crippen LogP contribution in [0.5, 0.6) is 0 Å². The van der Waals surface area contributed by atoms with Crippen molar-refractivity contribution in [3.05, 3.63) is 71.8 Å². The van der Waals surface area contributed by atoms with Crippen LogP contribution in [0.4, 0.5) is 0 Å². The van der Waals surface area contributed by atoms with Crippen LogP contribution in [0.15, 0.2) is 60.7 Å². The normalized spacial score (nSPS) is 28.5. The molecule has 3 fully saturated rings. The summed E-state index contributed by atoms with van der Waals surface area (Å²) in [6, 6.07) is 23.9. The molecule has 5 rings (SSSR count). The minimum Gasteiger partial charge on any atom is -0.324 e. The first-order valence-electron chi connectivity index (χ1n) is 9.58. The van der Waals surface area contributed by atoms with E-state index in [-0.39, 0.29) is 5.41 Å². The van der Waals surface area contributed by atoms with Gasteiger partial charge >= 0.3 is 0 Å². The lowest BCUT2D eigenvalue weighted by atomic mass is 9.51. The predicted molar refractivity (Wildman–Crippen MR) is 101 cm³/mol. The molecule has 0 radical (unpaired) electrons. The van der Waals surface area contributed by atoms with Gasteiger partial charge in [-0.15, -0.1) is 0 Å². The van der Waals surface area contributed by atoms with Gasteiger partial charge < -0.3 is 4.48 Å². The van der Waals surface area contributed by atoms with Gasteiger partial charge in [-0.05, 0) is 18.1 Å². The molecule has 0 amide bonds. The third-order valence-electron chi connectivity index (χ3n) is 7.24. The van der Waals surface area contributed by atoms with Crippen LogP contribution in [0.25, 0.3) is 0 Å². The van der Waals surface area contributed by atoms with Gasteiger partial charge in [0.15, 0.2) is 0 Å². The SMILES string of the molecule is CC[N+]12CCC(C(C#N)(c3ccccc3)c3ccccc3)(CC1)CC2. The summed E-state index contributed by atoms with van der Waals surface area (Å²) < 4.78 is 1.26. The van der Waals surface area contributed by atoms with E-state index in [4.69, 9.17) is 0 Å². The molecule has 2 aromatic rings. The fraction of sp³-hybridized carbons (Fsp3) is 0.435. The average molecular weight is 331 g/mol. The molecule has 2 aromatic carbocycles. The third kappa shape index (κ3) is 2.26. The molecule has 0 N–H and O–H groups in total. The molecule has 25 heavy (non-hydrogen) atoms. The number of benzene rings is 2. The smallest absolute Gasteiger partial charge is 0.113 e. The van der Waals surface area contributed by atoms with Crippen molar-refractivity contribution in [1.29, 1.82) is 5.26 Å². The molecular weight excluding hydrogens is 304 g/mol. The number of fused-ring (bicyclic) bond motifs is 3. The van der Waals surface area contributed by atoms with Crippen LogP contribution in [0.1, 0.15) is 37.3 Å². The first-order chi connectivity index (χ1) is 12.2. The monoisotopic (exact) mass is 331 g/mol. The summed E-state index contributed by atoms with van der Waals surface area (Å²) in [5, 5.41) is 10.6. The van der Waals surface area contributed by atoms with Crippen molar-refractivity contribution in [1.82, 2.24) is 0 Å². The Morgan fingerprint density at radius 3 is 1.68 bits per heavy atom. The molecule has 0 spiro atoms. The number of nitriles is 1. The second-order valence-corrected chi connectivity index (χ2v) is 7.95. The van der Waals surface area contributed by atoms with Gasteiger partial charge in [-0.3, -0.25) is 0 Å².